The predicted octanol–water partition coefficient (Wildman–Crippen LogP) is 3.41. The number of esters is 2. The fourth-order valence-electron chi connectivity index (χ4n) is 2.08. The van der Waals surface area contributed by atoms with Crippen molar-refractivity contribution in [2.45, 2.75) is 13.8 Å². The molecule has 0 radical (unpaired) electrons. The van der Waals surface area contributed by atoms with E-state index in [1.54, 1.807) is 12.1 Å². The summed E-state index contributed by atoms with van der Waals surface area (Å²) < 4.78 is 10.3. The molecule has 2 aromatic rings. The Morgan fingerprint density at radius 2 is 1.82 bits per heavy atom. The molecule has 7 heteroatoms. The highest BCUT2D eigenvalue weighted by molar-refractivity contribution is 5.98. The molecule has 1 aromatic carbocycles. The number of pyridine rings is 1. The molecule has 1 aromatic heterocycles. The van der Waals surface area contributed by atoms with Crippen LogP contribution >= 0.6 is 0 Å². The number of carbonyl (C=O) groups excluding carboxylic acids is 3. The summed E-state index contributed by atoms with van der Waals surface area (Å²) in [5.41, 5.74) is 0.732. The van der Waals surface area contributed by atoms with E-state index in [0.717, 1.165) is 0 Å². The van der Waals surface area contributed by atoms with Crippen LogP contribution in [0.5, 0.6) is 11.8 Å². The van der Waals surface area contributed by atoms with Crippen LogP contribution in [-0.4, -0.2) is 22.7 Å². The molecule has 140 valence electrons. The number of nitriles is 1. The lowest BCUT2D eigenvalue weighted by atomic mass is 10.1. The van der Waals surface area contributed by atoms with E-state index < -0.39 is 11.9 Å². The molecule has 0 fully saturated rings. The third kappa shape index (κ3) is 4.99. The highest BCUT2D eigenvalue weighted by Gasteiger charge is 2.17. The van der Waals surface area contributed by atoms with Gasteiger partial charge in [-0.25, -0.2) is 9.59 Å². The van der Waals surface area contributed by atoms with Crippen molar-refractivity contribution in [1.82, 2.24) is 4.98 Å². The standard InChI is InChI=1S/C21H16N2O5/c1-4-6-13(2)20(25)27-18-10-9-17(12-22)19(23-18)28-21(26)16-8-5-7-15(11-16)14(3)24/h4-11H,1H2,2-3H3/b13-6+. The van der Waals surface area contributed by atoms with E-state index in [4.69, 9.17) is 9.47 Å². The maximum atomic E-state index is 12.4. The number of allylic oxidation sites excluding steroid dienone is 2. The lowest BCUT2D eigenvalue weighted by Crippen LogP contribution is -2.13. The zero-order valence-corrected chi connectivity index (χ0v) is 15.3. The molecule has 0 aliphatic carbocycles. The Balaban J connectivity index is 2.28. The molecular weight excluding hydrogens is 360 g/mol. The van der Waals surface area contributed by atoms with Crippen LogP contribution in [0.15, 0.2) is 60.7 Å². The molecule has 0 atom stereocenters. The van der Waals surface area contributed by atoms with E-state index >= 15 is 0 Å². The van der Waals surface area contributed by atoms with Gasteiger partial charge in [0, 0.05) is 17.2 Å². The van der Waals surface area contributed by atoms with Crippen molar-refractivity contribution < 1.29 is 23.9 Å². The van der Waals surface area contributed by atoms with E-state index in [9.17, 15) is 19.6 Å². The van der Waals surface area contributed by atoms with Crippen LogP contribution in [-0.2, 0) is 4.79 Å². The lowest BCUT2D eigenvalue weighted by molar-refractivity contribution is -0.130. The molecule has 7 nitrogen and oxygen atoms in total. The molecule has 0 saturated carbocycles. The normalized spacial score (nSPS) is 10.5. The number of ether oxygens (including phenoxy) is 2. The number of Topliss-reactive ketones (excluding diaryl/α,β-unsaturated/α-hetero) is 1. The van der Waals surface area contributed by atoms with Crippen molar-refractivity contribution in [3.8, 4) is 17.8 Å². The Morgan fingerprint density at radius 3 is 2.46 bits per heavy atom. The number of ketones is 1. The summed E-state index contributed by atoms with van der Waals surface area (Å²) in [7, 11) is 0. The number of hydrogen-bond acceptors (Lipinski definition) is 7. The lowest BCUT2D eigenvalue weighted by Gasteiger charge is -2.08. The summed E-state index contributed by atoms with van der Waals surface area (Å²) in [4.78, 5) is 39.7. The maximum Gasteiger partial charge on any atom is 0.344 e. The van der Waals surface area contributed by atoms with Crippen LogP contribution in [0.3, 0.4) is 0 Å². The topological polar surface area (TPSA) is 106 Å². The maximum absolute atomic E-state index is 12.4. The monoisotopic (exact) mass is 376 g/mol. The molecule has 0 unspecified atom stereocenters. The number of rotatable bonds is 6. The summed E-state index contributed by atoms with van der Waals surface area (Å²) in [5, 5.41) is 9.20. The van der Waals surface area contributed by atoms with Crippen molar-refractivity contribution in [3.63, 3.8) is 0 Å². The molecule has 0 N–H and O–H groups in total. The van der Waals surface area contributed by atoms with Gasteiger partial charge in [-0.15, -0.1) is 0 Å². The van der Waals surface area contributed by atoms with Gasteiger partial charge in [-0.2, -0.15) is 10.2 Å². The molecule has 0 spiro atoms. The number of nitrogens with zero attached hydrogens (tertiary/aromatic N) is 2. The first-order valence-electron chi connectivity index (χ1n) is 8.11. The Hall–Kier alpha value is -4.05. The SMILES string of the molecule is C=C/C=C(\C)C(=O)Oc1ccc(C#N)c(OC(=O)c2cccc(C(C)=O)c2)n1. The molecule has 28 heavy (non-hydrogen) atoms. The molecule has 0 bridgehead atoms. The van der Waals surface area contributed by atoms with Crippen LogP contribution in [0.4, 0.5) is 0 Å². The van der Waals surface area contributed by atoms with Gasteiger partial charge in [0.15, 0.2) is 5.78 Å². The van der Waals surface area contributed by atoms with Crippen LogP contribution in [0.2, 0.25) is 0 Å². The average Bonchev–Trinajstić information content (AvgIpc) is 2.68. The van der Waals surface area contributed by atoms with Gasteiger partial charge < -0.3 is 9.47 Å². The Kier molecular flexibility index (Phi) is 6.55. The van der Waals surface area contributed by atoms with Gasteiger partial charge in [-0.3, -0.25) is 4.79 Å². The van der Waals surface area contributed by atoms with Crippen LogP contribution < -0.4 is 9.47 Å². The number of aromatic nitrogens is 1. The second-order valence-corrected chi connectivity index (χ2v) is 5.62. The first kappa shape index (κ1) is 20.3. The smallest absolute Gasteiger partial charge is 0.344 e. The van der Waals surface area contributed by atoms with E-state index in [0.29, 0.717) is 11.1 Å². The molecule has 0 aliphatic rings. The number of benzene rings is 1. The third-order valence-electron chi connectivity index (χ3n) is 3.54. The largest absolute Gasteiger partial charge is 0.404 e. The quantitative estimate of drug-likeness (QED) is 0.329. The van der Waals surface area contributed by atoms with Crippen LogP contribution in [0.1, 0.15) is 40.1 Å². The zero-order valence-electron chi connectivity index (χ0n) is 15.3. The highest BCUT2D eigenvalue weighted by atomic mass is 16.6. The zero-order chi connectivity index (χ0) is 20.7. The summed E-state index contributed by atoms with van der Waals surface area (Å²) in [5.74, 6) is -2.12. The molecule has 0 saturated heterocycles. The van der Waals surface area contributed by atoms with E-state index in [1.807, 2.05) is 6.07 Å². The minimum atomic E-state index is -0.807. The number of hydrogen-bond donors (Lipinski definition) is 0. The molecule has 0 amide bonds. The molecule has 0 aliphatic heterocycles. The van der Waals surface area contributed by atoms with Crippen LogP contribution in [0.25, 0.3) is 0 Å². The Bertz CT molecular complexity index is 1030. The van der Waals surface area contributed by atoms with Gasteiger partial charge in [0.25, 0.3) is 0 Å². The fraction of sp³-hybridized carbons (Fsp3) is 0.0952. The number of carbonyl (C=O) groups is 3. The first-order valence-corrected chi connectivity index (χ1v) is 8.11. The van der Waals surface area contributed by atoms with Crippen molar-refractivity contribution in [2.75, 3.05) is 0 Å². The van der Waals surface area contributed by atoms with Gasteiger partial charge in [-0.05, 0) is 32.0 Å². The second kappa shape index (κ2) is 9.05. The minimum Gasteiger partial charge on any atom is -0.404 e. The van der Waals surface area contributed by atoms with Gasteiger partial charge in [0.2, 0.25) is 11.8 Å². The Morgan fingerprint density at radius 1 is 1.11 bits per heavy atom. The van der Waals surface area contributed by atoms with Gasteiger partial charge in [-0.1, -0.05) is 30.9 Å². The summed E-state index contributed by atoms with van der Waals surface area (Å²) >= 11 is 0. The van der Waals surface area contributed by atoms with E-state index in [2.05, 4.69) is 11.6 Å². The molecular formula is C21H16N2O5. The van der Waals surface area contributed by atoms with Crippen molar-refractivity contribution in [3.05, 3.63) is 77.4 Å². The van der Waals surface area contributed by atoms with Crippen molar-refractivity contribution >= 4 is 17.7 Å². The van der Waals surface area contributed by atoms with Crippen molar-refractivity contribution in [1.29, 1.82) is 5.26 Å². The van der Waals surface area contributed by atoms with Crippen molar-refractivity contribution in [2.24, 2.45) is 0 Å². The third-order valence-corrected chi connectivity index (χ3v) is 3.54. The van der Waals surface area contributed by atoms with Gasteiger partial charge in [0.05, 0.1) is 5.56 Å². The first-order chi connectivity index (χ1) is 13.3. The van der Waals surface area contributed by atoms with E-state index in [1.165, 1.54) is 50.3 Å². The molecule has 2 rings (SSSR count). The summed E-state index contributed by atoms with van der Waals surface area (Å²) in [6.45, 7) is 6.40. The average molecular weight is 376 g/mol. The fourth-order valence-corrected chi connectivity index (χ4v) is 2.08. The second-order valence-electron chi connectivity index (χ2n) is 5.62. The molecule has 1 heterocycles. The van der Waals surface area contributed by atoms with E-state index in [-0.39, 0.29) is 28.7 Å². The predicted molar refractivity (Wildman–Crippen MR) is 99.9 cm³/mol. The Labute approximate surface area is 161 Å². The van der Waals surface area contributed by atoms with Gasteiger partial charge in [0.1, 0.15) is 11.6 Å². The summed E-state index contributed by atoms with van der Waals surface area (Å²) in [6, 6.07) is 10.4. The minimum absolute atomic E-state index is 0.0192. The van der Waals surface area contributed by atoms with Crippen LogP contribution in [0, 0.1) is 11.3 Å². The summed E-state index contributed by atoms with van der Waals surface area (Å²) in [6.07, 6.45) is 2.90. The highest BCUT2D eigenvalue weighted by Crippen LogP contribution is 2.21. The van der Waals surface area contributed by atoms with Gasteiger partial charge >= 0.3 is 11.9 Å².